The number of primary sulfonamides is 1. The van der Waals surface area contributed by atoms with Gasteiger partial charge in [0.25, 0.3) is 0 Å². The van der Waals surface area contributed by atoms with Crippen LogP contribution in [0.25, 0.3) is 0 Å². The quantitative estimate of drug-likeness (QED) is 0.848. The van der Waals surface area contributed by atoms with E-state index in [4.69, 9.17) is 9.88 Å². The number of rotatable bonds is 5. The molecular weight excluding hydrogens is 286 g/mol. The summed E-state index contributed by atoms with van der Waals surface area (Å²) >= 11 is 0. The summed E-state index contributed by atoms with van der Waals surface area (Å²) in [5.74, 6) is 0.975. The van der Waals surface area contributed by atoms with E-state index in [1.165, 1.54) is 6.07 Å². The van der Waals surface area contributed by atoms with Crippen LogP contribution in [0.4, 0.5) is 0 Å². The van der Waals surface area contributed by atoms with Crippen molar-refractivity contribution < 1.29 is 13.2 Å². The van der Waals surface area contributed by atoms with E-state index in [-0.39, 0.29) is 16.9 Å². The molecule has 5 heteroatoms. The smallest absolute Gasteiger partial charge is 0.238 e. The maximum absolute atomic E-state index is 11.5. The van der Waals surface area contributed by atoms with Crippen molar-refractivity contribution >= 4 is 10.0 Å². The van der Waals surface area contributed by atoms with Crippen LogP contribution in [0.3, 0.4) is 0 Å². The lowest BCUT2D eigenvalue weighted by molar-refractivity contribution is 0.226. The van der Waals surface area contributed by atoms with Crippen LogP contribution in [0, 0.1) is 0 Å². The highest BCUT2D eigenvalue weighted by molar-refractivity contribution is 7.89. The second kappa shape index (κ2) is 6.62. The van der Waals surface area contributed by atoms with Crippen molar-refractivity contribution in [2.24, 2.45) is 5.14 Å². The summed E-state index contributed by atoms with van der Waals surface area (Å²) in [6, 6.07) is 4.89. The molecule has 1 aliphatic carbocycles. The predicted molar refractivity (Wildman–Crippen MR) is 83.9 cm³/mol. The zero-order valence-electron chi connectivity index (χ0n) is 12.6. The van der Waals surface area contributed by atoms with Crippen molar-refractivity contribution in [3.8, 4) is 5.75 Å². The average Bonchev–Trinajstić information content (AvgIpc) is 2.47. The fourth-order valence-electron chi connectivity index (χ4n) is 2.46. The highest BCUT2D eigenvalue weighted by Gasteiger charge is 2.18. The van der Waals surface area contributed by atoms with Crippen LogP contribution >= 0.6 is 0 Å². The molecule has 21 heavy (non-hydrogen) atoms. The molecule has 1 aliphatic rings. The molecule has 0 radical (unpaired) electrons. The highest BCUT2D eigenvalue weighted by atomic mass is 32.2. The number of hydrogen-bond donors (Lipinski definition) is 1. The maximum atomic E-state index is 11.5. The summed E-state index contributed by atoms with van der Waals surface area (Å²) in [4.78, 5) is 0.143. The van der Waals surface area contributed by atoms with Gasteiger partial charge in [-0.3, -0.25) is 0 Å². The Kier molecular flexibility index (Phi) is 5.06. The summed E-state index contributed by atoms with van der Waals surface area (Å²) in [5, 5.41) is 5.22. The van der Waals surface area contributed by atoms with Crippen LogP contribution in [0.5, 0.6) is 5.75 Å². The highest BCUT2D eigenvalue weighted by Crippen LogP contribution is 2.32. The number of ether oxygens (including phenoxy) is 1. The summed E-state index contributed by atoms with van der Waals surface area (Å²) in [7, 11) is -3.69. The van der Waals surface area contributed by atoms with Gasteiger partial charge in [0.05, 0.1) is 4.90 Å². The second-order valence-corrected chi connectivity index (χ2v) is 7.13. The molecule has 0 fully saturated rings. The largest absolute Gasteiger partial charge is 0.486 e. The molecule has 2 rings (SSSR count). The molecule has 0 aliphatic heterocycles. The molecule has 116 valence electrons. The lowest BCUT2D eigenvalue weighted by Gasteiger charge is -2.22. The van der Waals surface area contributed by atoms with Crippen molar-refractivity contribution in [3.63, 3.8) is 0 Å². The summed E-state index contributed by atoms with van der Waals surface area (Å²) in [5.41, 5.74) is 0.906. The van der Waals surface area contributed by atoms with Crippen LogP contribution in [0.2, 0.25) is 0 Å². The van der Waals surface area contributed by atoms with Gasteiger partial charge in [0.1, 0.15) is 11.9 Å². The van der Waals surface area contributed by atoms with Gasteiger partial charge in [-0.05, 0) is 61.4 Å². The van der Waals surface area contributed by atoms with Gasteiger partial charge in [-0.15, -0.1) is 0 Å². The van der Waals surface area contributed by atoms with Gasteiger partial charge in [-0.25, -0.2) is 13.6 Å². The summed E-state index contributed by atoms with van der Waals surface area (Å²) < 4.78 is 29.1. The van der Waals surface area contributed by atoms with Crippen molar-refractivity contribution in [2.75, 3.05) is 0 Å². The van der Waals surface area contributed by atoms with E-state index in [0.29, 0.717) is 0 Å². The lowest BCUT2D eigenvalue weighted by atomic mass is 9.97. The van der Waals surface area contributed by atoms with E-state index >= 15 is 0 Å². The first-order valence-electron chi connectivity index (χ1n) is 7.42. The van der Waals surface area contributed by atoms with Gasteiger partial charge in [0, 0.05) is 0 Å². The molecule has 2 N–H and O–H groups in total. The topological polar surface area (TPSA) is 69.4 Å². The predicted octanol–water partition coefficient (Wildman–Crippen LogP) is 3.34. The van der Waals surface area contributed by atoms with Crippen molar-refractivity contribution in [2.45, 2.75) is 56.4 Å². The first kappa shape index (κ1) is 16.0. The van der Waals surface area contributed by atoms with E-state index in [1.54, 1.807) is 12.1 Å². The minimum absolute atomic E-state index is 0.0712. The van der Waals surface area contributed by atoms with Crippen LogP contribution in [-0.4, -0.2) is 14.5 Å². The summed E-state index contributed by atoms with van der Waals surface area (Å²) in [6.45, 7) is 4.13. The normalized spacial score (nSPS) is 20.2. The zero-order valence-corrected chi connectivity index (χ0v) is 13.4. The Morgan fingerprint density at radius 1 is 1.43 bits per heavy atom. The minimum atomic E-state index is -3.69. The summed E-state index contributed by atoms with van der Waals surface area (Å²) in [6.07, 6.45) is 8.41. The number of nitrogens with two attached hydrogens (primary N) is 1. The molecule has 2 unspecified atom stereocenters. The molecule has 1 aromatic rings. The monoisotopic (exact) mass is 309 g/mol. The number of benzene rings is 1. The molecule has 0 saturated carbocycles. The third kappa shape index (κ3) is 4.08. The lowest BCUT2D eigenvalue weighted by Crippen LogP contribution is -2.18. The molecule has 0 heterocycles. The molecule has 1 aromatic carbocycles. The number of hydrogen-bond acceptors (Lipinski definition) is 3. The second-order valence-electron chi connectivity index (χ2n) is 5.57. The zero-order chi connectivity index (χ0) is 15.5. The molecule has 2 atom stereocenters. The van der Waals surface area contributed by atoms with Gasteiger partial charge < -0.3 is 4.74 Å². The first-order valence-corrected chi connectivity index (χ1v) is 8.96. The van der Waals surface area contributed by atoms with E-state index < -0.39 is 10.0 Å². The third-order valence-corrected chi connectivity index (χ3v) is 4.85. The Bertz CT molecular complexity index is 622. The van der Waals surface area contributed by atoms with Crippen molar-refractivity contribution in [1.82, 2.24) is 0 Å². The minimum Gasteiger partial charge on any atom is -0.486 e. The molecular formula is C16H23NO3S. The van der Waals surface area contributed by atoms with Gasteiger partial charge in [0.2, 0.25) is 10.0 Å². The van der Waals surface area contributed by atoms with Gasteiger partial charge in [0.15, 0.2) is 0 Å². The van der Waals surface area contributed by atoms with Crippen LogP contribution in [-0.2, 0) is 10.0 Å². The fourth-order valence-corrected chi connectivity index (χ4v) is 3.01. The fraction of sp³-hybridized carbons (Fsp3) is 0.500. The van der Waals surface area contributed by atoms with E-state index in [0.717, 1.165) is 37.0 Å². The van der Waals surface area contributed by atoms with Gasteiger partial charge in [-0.1, -0.05) is 19.9 Å². The van der Waals surface area contributed by atoms with Gasteiger partial charge >= 0.3 is 0 Å². The van der Waals surface area contributed by atoms with Crippen molar-refractivity contribution in [3.05, 3.63) is 35.9 Å². The van der Waals surface area contributed by atoms with Crippen LogP contribution < -0.4 is 9.88 Å². The molecule has 0 aromatic heterocycles. The Hall–Kier alpha value is -1.33. The van der Waals surface area contributed by atoms with Crippen molar-refractivity contribution in [1.29, 1.82) is 0 Å². The maximum Gasteiger partial charge on any atom is 0.238 e. The Balaban J connectivity index is 2.35. The molecule has 4 nitrogen and oxygen atoms in total. The van der Waals surface area contributed by atoms with E-state index in [9.17, 15) is 8.42 Å². The van der Waals surface area contributed by atoms with Crippen LogP contribution in [0.1, 0.15) is 51.0 Å². The van der Waals surface area contributed by atoms with E-state index in [2.05, 4.69) is 26.0 Å². The Labute approximate surface area is 127 Å². The molecule has 0 spiro atoms. The molecule has 0 bridgehead atoms. The van der Waals surface area contributed by atoms with Crippen LogP contribution in [0.15, 0.2) is 35.2 Å². The third-order valence-electron chi connectivity index (χ3n) is 3.94. The van der Waals surface area contributed by atoms with Gasteiger partial charge in [-0.2, -0.15) is 0 Å². The molecule has 0 saturated heterocycles. The Morgan fingerprint density at radius 3 is 2.76 bits per heavy atom. The number of sulfonamides is 1. The standard InChI is InChI=1S/C16H23NO3S/c1-3-12(2)15-11-14(21(17,18)19)9-10-16(15)20-13-7-5-4-6-8-13/h5,7,9-13H,3-4,6,8H2,1-2H3,(H2,17,18,19). The average molecular weight is 309 g/mol. The number of allylic oxidation sites excluding steroid dienone is 1. The first-order chi connectivity index (χ1) is 9.91. The SMILES string of the molecule is CCC(C)c1cc(S(N)(=O)=O)ccc1OC1C=CCCC1. The molecule has 0 amide bonds. The Morgan fingerprint density at radius 2 is 2.19 bits per heavy atom. The van der Waals surface area contributed by atoms with E-state index in [1.807, 2.05) is 0 Å².